The van der Waals surface area contributed by atoms with Crippen molar-refractivity contribution < 1.29 is 30.3 Å². The van der Waals surface area contributed by atoms with Crippen LogP contribution in [0.4, 0.5) is 0 Å². The molecule has 0 aliphatic carbocycles. The van der Waals surface area contributed by atoms with Crippen LogP contribution in [0.1, 0.15) is 28.4 Å². The van der Waals surface area contributed by atoms with Crippen LogP contribution in [0.25, 0.3) is 0 Å². The molecule has 26 heavy (non-hydrogen) atoms. The van der Waals surface area contributed by atoms with E-state index in [9.17, 15) is 25.5 Å². The van der Waals surface area contributed by atoms with Crippen molar-refractivity contribution in [1.29, 1.82) is 0 Å². The number of ether oxygens (including phenoxy) is 1. The lowest BCUT2D eigenvalue weighted by Crippen LogP contribution is -2.55. The van der Waals surface area contributed by atoms with Gasteiger partial charge >= 0.3 is 0 Å². The number of phenolic OH excluding ortho intramolecular Hbond substituents is 1. The molecule has 140 valence electrons. The maximum atomic E-state index is 10.3. The van der Waals surface area contributed by atoms with Crippen LogP contribution in [0.15, 0.2) is 42.5 Å². The van der Waals surface area contributed by atoms with Crippen molar-refractivity contribution in [1.82, 2.24) is 0 Å². The predicted molar refractivity (Wildman–Crippen MR) is 94.8 cm³/mol. The molecule has 1 aliphatic heterocycles. The predicted octanol–water partition coefficient (Wildman–Crippen LogP) is 0.806. The molecule has 3 rings (SSSR count). The van der Waals surface area contributed by atoms with Gasteiger partial charge in [0.2, 0.25) is 0 Å². The smallest absolute Gasteiger partial charge is 0.115 e. The first-order valence-corrected chi connectivity index (χ1v) is 8.58. The fraction of sp³-hybridized carbons (Fsp3) is 0.400. The minimum absolute atomic E-state index is 0.209. The van der Waals surface area contributed by atoms with Gasteiger partial charge in [-0.15, -0.1) is 0 Å². The van der Waals surface area contributed by atoms with Crippen molar-refractivity contribution in [2.75, 3.05) is 6.61 Å². The highest BCUT2D eigenvalue weighted by Crippen LogP contribution is 2.33. The van der Waals surface area contributed by atoms with E-state index in [0.29, 0.717) is 12.0 Å². The zero-order valence-electron chi connectivity index (χ0n) is 14.5. The Morgan fingerprint density at radius 3 is 2.27 bits per heavy atom. The molecule has 5 N–H and O–H groups in total. The molecule has 0 spiro atoms. The van der Waals surface area contributed by atoms with Crippen LogP contribution in [0, 0.1) is 6.92 Å². The monoisotopic (exact) mass is 360 g/mol. The Morgan fingerprint density at radius 2 is 1.62 bits per heavy atom. The number of aliphatic hydroxyl groups is 4. The first-order chi connectivity index (χ1) is 12.4. The third-order valence-corrected chi connectivity index (χ3v) is 4.92. The van der Waals surface area contributed by atoms with Gasteiger partial charge in [-0.1, -0.05) is 30.3 Å². The Bertz CT molecular complexity index is 742. The van der Waals surface area contributed by atoms with Crippen LogP contribution < -0.4 is 0 Å². The number of aromatic hydroxyl groups is 1. The fourth-order valence-electron chi connectivity index (χ4n) is 3.27. The third kappa shape index (κ3) is 3.75. The van der Waals surface area contributed by atoms with Crippen molar-refractivity contribution >= 4 is 0 Å². The highest BCUT2D eigenvalue weighted by atomic mass is 16.5. The average Bonchev–Trinajstić information content (AvgIpc) is 2.64. The van der Waals surface area contributed by atoms with Crippen molar-refractivity contribution in [3.8, 4) is 5.75 Å². The van der Waals surface area contributed by atoms with Crippen molar-refractivity contribution in [2.24, 2.45) is 0 Å². The topological polar surface area (TPSA) is 110 Å². The molecule has 6 nitrogen and oxygen atoms in total. The number of rotatable bonds is 4. The van der Waals surface area contributed by atoms with Gasteiger partial charge in [-0.2, -0.15) is 0 Å². The van der Waals surface area contributed by atoms with E-state index < -0.39 is 37.1 Å². The van der Waals surface area contributed by atoms with E-state index in [2.05, 4.69) is 0 Å². The molecule has 0 amide bonds. The number of aryl methyl sites for hydroxylation is 1. The van der Waals surface area contributed by atoms with Gasteiger partial charge in [0.15, 0.2) is 0 Å². The summed E-state index contributed by atoms with van der Waals surface area (Å²) in [6.07, 6.45) is -5.19. The van der Waals surface area contributed by atoms with Crippen molar-refractivity contribution in [3.05, 3.63) is 64.7 Å². The van der Waals surface area contributed by atoms with E-state index in [1.54, 1.807) is 12.1 Å². The molecule has 6 heteroatoms. The van der Waals surface area contributed by atoms with Gasteiger partial charge in [0.1, 0.15) is 36.3 Å². The molecule has 2 aromatic rings. The second kappa shape index (κ2) is 7.73. The molecule has 2 aromatic carbocycles. The summed E-state index contributed by atoms with van der Waals surface area (Å²) in [4.78, 5) is 0. The van der Waals surface area contributed by atoms with Gasteiger partial charge in [0.25, 0.3) is 0 Å². The largest absolute Gasteiger partial charge is 0.508 e. The van der Waals surface area contributed by atoms with Crippen LogP contribution in [0.2, 0.25) is 0 Å². The van der Waals surface area contributed by atoms with E-state index in [-0.39, 0.29) is 5.75 Å². The molecule has 0 radical (unpaired) electrons. The molecule has 1 saturated heterocycles. The molecule has 1 aliphatic rings. The van der Waals surface area contributed by atoms with Gasteiger partial charge in [0.05, 0.1) is 6.61 Å². The summed E-state index contributed by atoms with van der Waals surface area (Å²) in [5, 5.41) is 49.0. The molecule has 5 unspecified atom stereocenters. The molecule has 0 bridgehead atoms. The Kier molecular flexibility index (Phi) is 5.60. The van der Waals surface area contributed by atoms with Gasteiger partial charge < -0.3 is 30.3 Å². The normalized spacial score (nSPS) is 28.9. The van der Waals surface area contributed by atoms with E-state index in [4.69, 9.17) is 4.74 Å². The average molecular weight is 360 g/mol. The van der Waals surface area contributed by atoms with Gasteiger partial charge in [-0.25, -0.2) is 0 Å². The summed E-state index contributed by atoms with van der Waals surface area (Å²) in [5.74, 6) is 0.209. The molecule has 0 saturated carbocycles. The summed E-state index contributed by atoms with van der Waals surface area (Å²) in [6, 6.07) is 12.6. The summed E-state index contributed by atoms with van der Waals surface area (Å²) in [5.41, 5.74) is 3.77. The van der Waals surface area contributed by atoms with Crippen LogP contribution >= 0.6 is 0 Å². The van der Waals surface area contributed by atoms with Gasteiger partial charge in [0, 0.05) is 0 Å². The van der Waals surface area contributed by atoms with E-state index in [1.165, 1.54) is 0 Å². The number of hydrogen-bond donors (Lipinski definition) is 5. The highest BCUT2D eigenvalue weighted by molar-refractivity contribution is 5.38. The van der Waals surface area contributed by atoms with E-state index >= 15 is 0 Å². The minimum Gasteiger partial charge on any atom is -0.508 e. The first kappa shape index (κ1) is 18.8. The summed E-state index contributed by atoms with van der Waals surface area (Å²) >= 11 is 0. The van der Waals surface area contributed by atoms with Crippen molar-refractivity contribution in [2.45, 2.75) is 43.9 Å². The molecule has 0 aromatic heterocycles. The second-order valence-corrected chi connectivity index (χ2v) is 6.78. The molecular formula is C20H24O6. The first-order valence-electron chi connectivity index (χ1n) is 8.58. The Labute approximate surface area is 151 Å². The summed E-state index contributed by atoms with van der Waals surface area (Å²) in [7, 11) is 0. The number of aliphatic hydroxyl groups excluding tert-OH is 4. The summed E-state index contributed by atoms with van der Waals surface area (Å²) in [6.45, 7) is 1.53. The van der Waals surface area contributed by atoms with Crippen LogP contribution in [0.5, 0.6) is 5.75 Å². The molecule has 1 heterocycles. The van der Waals surface area contributed by atoms with Crippen LogP contribution in [0.3, 0.4) is 0 Å². The molecule has 5 atom stereocenters. The standard InChI is InChI=1S/C20H24O6/c1-11-2-5-13(9-14(11)8-12-3-6-15(22)7-4-12)20-19(25)18(24)17(23)16(10-21)26-20/h2-7,9,16-25H,8,10H2,1H3. The van der Waals surface area contributed by atoms with E-state index in [1.807, 2.05) is 37.3 Å². The second-order valence-electron chi connectivity index (χ2n) is 6.78. The lowest BCUT2D eigenvalue weighted by Gasteiger charge is -2.40. The summed E-state index contributed by atoms with van der Waals surface area (Å²) < 4.78 is 5.63. The Morgan fingerprint density at radius 1 is 0.923 bits per heavy atom. The lowest BCUT2D eigenvalue weighted by atomic mass is 9.89. The van der Waals surface area contributed by atoms with Crippen LogP contribution in [-0.4, -0.2) is 56.6 Å². The maximum absolute atomic E-state index is 10.3. The maximum Gasteiger partial charge on any atom is 0.115 e. The molecule has 1 fully saturated rings. The molecular weight excluding hydrogens is 336 g/mol. The number of phenols is 1. The highest BCUT2D eigenvalue weighted by Gasteiger charge is 2.43. The quantitative estimate of drug-likeness (QED) is 0.552. The minimum atomic E-state index is -1.40. The van der Waals surface area contributed by atoms with Gasteiger partial charge in [-0.3, -0.25) is 0 Å². The zero-order chi connectivity index (χ0) is 18.8. The third-order valence-electron chi connectivity index (χ3n) is 4.92. The van der Waals surface area contributed by atoms with E-state index in [0.717, 1.165) is 16.7 Å². The fourth-order valence-corrected chi connectivity index (χ4v) is 3.27. The zero-order valence-corrected chi connectivity index (χ0v) is 14.5. The van der Waals surface area contributed by atoms with Crippen molar-refractivity contribution in [3.63, 3.8) is 0 Å². The Balaban J connectivity index is 1.87. The number of benzene rings is 2. The van der Waals surface area contributed by atoms with Crippen LogP contribution in [-0.2, 0) is 11.2 Å². The Hall–Kier alpha value is -1.96. The lowest BCUT2D eigenvalue weighted by molar-refractivity contribution is -0.231. The SMILES string of the molecule is Cc1ccc(C2OC(CO)C(O)C(O)C2O)cc1Cc1ccc(O)cc1. The number of hydrogen-bond acceptors (Lipinski definition) is 6. The van der Waals surface area contributed by atoms with Gasteiger partial charge in [-0.05, 0) is 47.7 Å².